The van der Waals surface area contributed by atoms with Crippen LogP contribution in [0.4, 0.5) is 5.69 Å². The number of carbonyl (C=O) groups is 1. The van der Waals surface area contributed by atoms with Crippen LogP contribution >= 0.6 is 11.6 Å². The minimum absolute atomic E-state index is 0.295. The van der Waals surface area contributed by atoms with E-state index in [0.29, 0.717) is 29.6 Å². The molecular weight excluding hydrogens is 324 g/mol. The molecule has 1 aromatic carbocycles. The first-order valence-corrected chi connectivity index (χ1v) is 9.42. The minimum Gasteiger partial charge on any atom is -0.354 e. The Hall–Kier alpha value is -1.27. The fraction of sp³-hybridized carbons (Fsp3) is 0.533. The molecule has 1 unspecified atom stereocenters. The molecule has 0 spiro atoms. The molecule has 0 bridgehead atoms. The Morgan fingerprint density at radius 3 is 2.23 bits per heavy atom. The molecule has 124 valence electrons. The van der Waals surface area contributed by atoms with Crippen LogP contribution < -0.4 is 9.62 Å². The Bertz CT molecular complexity index is 600. The van der Waals surface area contributed by atoms with Crippen LogP contribution in [0.15, 0.2) is 24.3 Å². The number of sulfonamides is 1. The SMILES string of the molecule is CCC(C(=O)NCC(C)C)N(c1ccc(Cl)cc1)S(C)(=O)=O. The normalized spacial score (nSPS) is 13.0. The first-order chi connectivity index (χ1) is 10.2. The molecule has 0 aromatic heterocycles. The summed E-state index contributed by atoms with van der Waals surface area (Å²) in [6.07, 6.45) is 1.47. The lowest BCUT2D eigenvalue weighted by Crippen LogP contribution is -2.49. The van der Waals surface area contributed by atoms with Gasteiger partial charge in [-0.2, -0.15) is 0 Å². The molecule has 1 N–H and O–H groups in total. The second kappa shape index (κ2) is 7.83. The van der Waals surface area contributed by atoms with Gasteiger partial charge in [0.1, 0.15) is 6.04 Å². The largest absolute Gasteiger partial charge is 0.354 e. The van der Waals surface area contributed by atoms with Gasteiger partial charge in [-0.1, -0.05) is 32.4 Å². The molecule has 5 nitrogen and oxygen atoms in total. The van der Waals surface area contributed by atoms with Crippen molar-refractivity contribution >= 4 is 33.2 Å². The van der Waals surface area contributed by atoms with Crippen LogP contribution in [0, 0.1) is 5.92 Å². The highest BCUT2D eigenvalue weighted by Crippen LogP contribution is 2.24. The van der Waals surface area contributed by atoms with E-state index in [9.17, 15) is 13.2 Å². The third kappa shape index (κ3) is 5.18. The monoisotopic (exact) mass is 346 g/mol. The molecule has 0 aliphatic heterocycles. The second-order valence-corrected chi connectivity index (χ2v) is 7.89. The smallest absolute Gasteiger partial charge is 0.243 e. The van der Waals surface area contributed by atoms with E-state index in [4.69, 9.17) is 11.6 Å². The molecule has 1 rings (SSSR count). The van der Waals surface area contributed by atoms with Gasteiger partial charge < -0.3 is 5.32 Å². The highest BCUT2D eigenvalue weighted by Gasteiger charge is 2.31. The van der Waals surface area contributed by atoms with Crippen molar-refractivity contribution in [3.8, 4) is 0 Å². The molecule has 0 radical (unpaired) electrons. The van der Waals surface area contributed by atoms with Gasteiger partial charge in [-0.15, -0.1) is 0 Å². The molecule has 0 heterocycles. The molecule has 1 amide bonds. The lowest BCUT2D eigenvalue weighted by Gasteiger charge is -2.30. The van der Waals surface area contributed by atoms with Gasteiger partial charge in [0, 0.05) is 11.6 Å². The summed E-state index contributed by atoms with van der Waals surface area (Å²) in [4.78, 5) is 12.4. The third-order valence-electron chi connectivity index (χ3n) is 3.10. The van der Waals surface area contributed by atoms with E-state index in [1.54, 1.807) is 31.2 Å². The van der Waals surface area contributed by atoms with E-state index >= 15 is 0 Å². The van der Waals surface area contributed by atoms with Crippen molar-refractivity contribution in [3.05, 3.63) is 29.3 Å². The van der Waals surface area contributed by atoms with Crippen LogP contribution in [0.2, 0.25) is 5.02 Å². The van der Waals surface area contributed by atoms with Crippen LogP contribution in [0.3, 0.4) is 0 Å². The molecule has 0 saturated carbocycles. The molecular formula is C15H23ClN2O3S. The summed E-state index contributed by atoms with van der Waals surface area (Å²) in [5.74, 6) is 0.000228. The maximum absolute atomic E-state index is 12.4. The first kappa shape index (κ1) is 18.8. The first-order valence-electron chi connectivity index (χ1n) is 7.19. The highest BCUT2D eigenvalue weighted by atomic mass is 35.5. The van der Waals surface area contributed by atoms with Crippen LogP contribution in [-0.4, -0.2) is 33.2 Å². The zero-order valence-corrected chi connectivity index (χ0v) is 14.9. The number of nitrogens with zero attached hydrogens (tertiary/aromatic N) is 1. The number of carbonyl (C=O) groups excluding carboxylic acids is 1. The number of nitrogens with one attached hydrogen (secondary N) is 1. The van der Waals surface area contributed by atoms with Gasteiger partial charge in [0.25, 0.3) is 0 Å². The average molecular weight is 347 g/mol. The Balaban J connectivity index is 3.14. The zero-order chi connectivity index (χ0) is 16.9. The van der Waals surface area contributed by atoms with E-state index in [1.165, 1.54) is 0 Å². The number of anilines is 1. The van der Waals surface area contributed by atoms with E-state index in [1.807, 2.05) is 13.8 Å². The van der Waals surface area contributed by atoms with Gasteiger partial charge in [-0.25, -0.2) is 8.42 Å². The second-order valence-electron chi connectivity index (χ2n) is 5.60. The topological polar surface area (TPSA) is 66.5 Å². The van der Waals surface area contributed by atoms with Gasteiger partial charge in [0.15, 0.2) is 0 Å². The van der Waals surface area contributed by atoms with Crippen molar-refractivity contribution in [2.24, 2.45) is 5.92 Å². The fourth-order valence-electron chi connectivity index (χ4n) is 2.07. The maximum Gasteiger partial charge on any atom is 0.243 e. The summed E-state index contributed by atoms with van der Waals surface area (Å²) in [5, 5.41) is 3.30. The standard InChI is InChI=1S/C15H23ClN2O3S/c1-5-14(15(19)17-10-11(2)3)18(22(4,20)21)13-8-6-12(16)7-9-13/h6-9,11,14H,5,10H2,1-4H3,(H,17,19). The predicted octanol–water partition coefficient (Wildman–Crippen LogP) is 2.66. The molecule has 0 saturated heterocycles. The molecule has 0 aliphatic carbocycles. The summed E-state index contributed by atoms with van der Waals surface area (Å²) in [5.41, 5.74) is 0.429. The van der Waals surface area contributed by atoms with E-state index in [0.717, 1.165) is 10.6 Å². The quantitative estimate of drug-likeness (QED) is 0.825. The van der Waals surface area contributed by atoms with Crippen molar-refractivity contribution in [1.82, 2.24) is 5.32 Å². The maximum atomic E-state index is 12.4. The van der Waals surface area contributed by atoms with Gasteiger partial charge in [-0.3, -0.25) is 9.10 Å². The van der Waals surface area contributed by atoms with Gasteiger partial charge in [0.2, 0.25) is 15.9 Å². The van der Waals surface area contributed by atoms with Gasteiger partial charge in [-0.05, 0) is 36.6 Å². The minimum atomic E-state index is -3.60. The van der Waals surface area contributed by atoms with E-state index < -0.39 is 16.1 Å². The van der Waals surface area contributed by atoms with Gasteiger partial charge in [0.05, 0.1) is 11.9 Å². The van der Waals surface area contributed by atoms with Crippen LogP contribution in [0.25, 0.3) is 0 Å². The Morgan fingerprint density at radius 1 is 1.27 bits per heavy atom. The van der Waals surface area contributed by atoms with Crippen molar-refractivity contribution in [3.63, 3.8) is 0 Å². The van der Waals surface area contributed by atoms with E-state index in [-0.39, 0.29) is 5.91 Å². The van der Waals surface area contributed by atoms with Crippen LogP contribution in [-0.2, 0) is 14.8 Å². The fourth-order valence-corrected chi connectivity index (χ4v) is 3.41. The average Bonchev–Trinajstić information content (AvgIpc) is 2.42. The molecule has 1 aromatic rings. The number of benzene rings is 1. The number of amides is 1. The molecule has 22 heavy (non-hydrogen) atoms. The molecule has 1 atom stereocenters. The van der Waals surface area contributed by atoms with Gasteiger partial charge >= 0.3 is 0 Å². The number of rotatable bonds is 7. The number of hydrogen-bond acceptors (Lipinski definition) is 3. The van der Waals surface area contributed by atoms with Crippen molar-refractivity contribution in [2.45, 2.75) is 33.2 Å². The Morgan fingerprint density at radius 2 is 1.82 bits per heavy atom. The Kier molecular flexibility index (Phi) is 6.68. The zero-order valence-electron chi connectivity index (χ0n) is 13.3. The van der Waals surface area contributed by atoms with Crippen LogP contribution in [0.1, 0.15) is 27.2 Å². The summed E-state index contributed by atoms with van der Waals surface area (Å²) in [6.45, 7) is 6.25. The number of halogens is 1. The predicted molar refractivity (Wildman–Crippen MR) is 90.7 cm³/mol. The lowest BCUT2D eigenvalue weighted by molar-refractivity contribution is -0.122. The third-order valence-corrected chi connectivity index (χ3v) is 4.53. The number of hydrogen-bond donors (Lipinski definition) is 1. The highest BCUT2D eigenvalue weighted by molar-refractivity contribution is 7.92. The molecule has 0 aliphatic rings. The van der Waals surface area contributed by atoms with Crippen molar-refractivity contribution < 1.29 is 13.2 Å². The Labute approximate surface area is 137 Å². The van der Waals surface area contributed by atoms with E-state index in [2.05, 4.69) is 5.32 Å². The lowest BCUT2D eigenvalue weighted by atomic mass is 10.1. The summed E-state index contributed by atoms with van der Waals surface area (Å²) < 4.78 is 25.5. The summed E-state index contributed by atoms with van der Waals surface area (Å²) >= 11 is 5.84. The van der Waals surface area contributed by atoms with Crippen molar-refractivity contribution in [2.75, 3.05) is 17.1 Å². The van der Waals surface area contributed by atoms with Crippen molar-refractivity contribution in [1.29, 1.82) is 0 Å². The summed E-state index contributed by atoms with van der Waals surface area (Å²) in [6, 6.07) is 5.63. The summed E-state index contributed by atoms with van der Waals surface area (Å²) in [7, 11) is -3.60. The van der Waals surface area contributed by atoms with Crippen LogP contribution in [0.5, 0.6) is 0 Å². The molecule has 0 fully saturated rings. The molecule has 7 heteroatoms.